The molecule has 1 atom stereocenters. The molecule has 7 heteroatoms. The van der Waals surface area contributed by atoms with Crippen LogP contribution in [0, 0.1) is 5.92 Å². The van der Waals surface area contributed by atoms with E-state index < -0.39 is 17.9 Å². The van der Waals surface area contributed by atoms with Crippen molar-refractivity contribution < 1.29 is 19.5 Å². The molecule has 0 unspecified atom stereocenters. The number of carboxylic acid groups (broad SMARTS) is 1. The summed E-state index contributed by atoms with van der Waals surface area (Å²) < 4.78 is 0.872. The molecule has 0 bridgehead atoms. The van der Waals surface area contributed by atoms with Crippen molar-refractivity contribution in [2.45, 2.75) is 26.3 Å². The van der Waals surface area contributed by atoms with E-state index in [1.807, 2.05) is 0 Å². The molecule has 0 heterocycles. The molecule has 1 aromatic carbocycles. The standard InChI is InChI=1S/C15H19BrN2O4/c1-9(2)13(15(21)22)18-12(19)7-8-17-14(20)10-3-5-11(16)6-4-10/h3-6,9,13H,7-8H2,1-2H3,(H,17,20)(H,18,19)(H,21,22)/t13-/m1/s1. The third-order valence-corrected chi connectivity index (χ3v) is 3.52. The van der Waals surface area contributed by atoms with Crippen LogP contribution < -0.4 is 10.6 Å². The lowest BCUT2D eigenvalue weighted by Crippen LogP contribution is -2.45. The van der Waals surface area contributed by atoms with E-state index in [1.54, 1.807) is 38.1 Å². The predicted octanol–water partition coefficient (Wildman–Crippen LogP) is 1.79. The Morgan fingerprint density at radius 3 is 2.27 bits per heavy atom. The first kappa shape index (κ1) is 18.2. The Kier molecular flexibility index (Phi) is 7.04. The Labute approximate surface area is 137 Å². The Balaban J connectivity index is 2.40. The van der Waals surface area contributed by atoms with Gasteiger partial charge in [-0.3, -0.25) is 9.59 Å². The van der Waals surface area contributed by atoms with Crippen LogP contribution in [0.4, 0.5) is 0 Å². The van der Waals surface area contributed by atoms with Gasteiger partial charge in [-0.1, -0.05) is 29.8 Å². The number of rotatable bonds is 7. The van der Waals surface area contributed by atoms with Crippen molar-refractivity contribution in [3.8, 4) is 0 Å². The fourth-order valence-corrected chi connectivity index (χ4v) is 2.02. The highest BCUT2D eigenvalue weighted by atomic mass is 79.9. The van der Waals surface area contributed by atoms with Crippen LogP contribution in [-0.2, 0) is 9.59 Å². The van der Waals surface area contributed by atoms with Crippen LogP contribution in [0.5, 0.6) is 0 Å². The zero-order valence-corrected chi connectivity index (χ0v) is 14.0. The quantitative estimate of drug-likeness (QED) is 0.681. The SMILES string of the molecule is CC(C)[C@@H](NC(=O)CCNC(=O)c1ccc(Br)cc1)C(=O)O. The van der Waals surface area contributed by atoms with E-state index in [-0.39, 0.29) is 24.8 Å². The number of hydrogen-bond donors (Lipinski definition) is 3. The van der Waals surface area contributed by atoms with Crippen molar-refractivity contribution in [1.82, 2.24) is 10.6 Å². The van der Waals surface area contributed by atoms with Crippen molar-refractivity contribution in [1.29, 1.82) is 0 Å². The van der Waals surface area contributed by atoms with Gasteiger partial charge < -0.3 is 15.7 Å². The molecule has 0 radical (unpaired) electrons. The molecule has 3 N–H and O–H groups in total. The second-order valence-corrected chi connectivity index (χ2v) is 6.06. The summed E-state index contributed by atoms with van der Waals surface area (Å²) in [4.78, 5) is 34.5. The van der Waals surface area contributed by atoms with Gasteiger partial charge in [-0.15, -0.1) is 0 Å². The Hall–Kier alpha value is -1.89. The molecule has 0 aliphatic rings. The van der Waals surface area contributed by atoms with Gasteiger partial charge >= 0.3 is 5.97 Å². The average Bonchev–Trinajstić information content (AvgIpc) is 2.44. The van der Waals surface area contributed by atoms with Gasteiger partial charge in [0.25, 0.3) is 5.91 Å². The monoisotopic (exact) mass is 370 g/mol. The Morgan fingerprint density at radius 2 is 1.77 bits per heavy atom. The molecule has 0 saturated heterocycles. The molecule has 120 valence electrons. The van der Waals surface area contributed by atoms with Gasteiger partial charge in [0, 0.05) is 23.0 Å². The summed E-state index contributed by atoms with van der Waals surface area (Å²) in [6.07, 6.45) is 0.0266. The maximum absolute atomic E-state index is 11.8. The minimum Gasteiger partial charge on any atom is -0.480 e. The molecule has 2 amide bonds. The highest BCUT2D eigenvalue weighted by Crippen LogP contribution is 2.10. The molecular formula is C15H19BrN2O4. The zero-order valence-electron chi connectivity index (χ0n) is 12.4. The molecule has 22 heavy (non-hydrogen) atoms. The lowest BCUT2D eigenvalue weighted by atomic mass is 10.0. The maximum atomic E-state index is 11.8. The van der Waals surface area contributed by atoms with Crippen LogP contribution in [0.15, 0.2) is 28.7 Å². The van der Waals surface area contributed by atoms with E-state index in [2.05, 4.69) is 26.6 Å². The number of halogens is 1. The van der Waals surface area contributed by atoms with E-state index in [9.17, 15) is 14.4 Å². The molecule has 0 aromatic heterocycles. The molecule has 0 saturated carbocycles. The predicted molar refractivity (Wildman–Crippen MR) is 85.5 cm³/mol. The summed E-state index contributed by atoms with van der Waals surface area (Å²) in [5.74, 6) is -1.96. The molecule has 0 aliphatic heterocycles. The largest absolute Gasteiger partial charge is 0.480 e. The van der Waals surface area contributed by atoms with Gasteiger partial charge in [0.15, 0.2) is 0 Å². The van der Waals surface area contributed by atoms with Crippen LogP contribution in [-0.4, -0.2) is 35.5 Å². The molecule has 1 rings (SSSR count). The molecule has 0 aliphatic carbocycles. The number of amides is 2. The van der Waals surface area contributed by atoms with Crippen molar-refractivity contribution in [2.75, 3.05) is 6.54 Å². The highest BCUT2D eigenvalue weighted by molar-refractivity contribution is 9.10. The number of benzene rings is 1. The number of hydrogen-bond acceptors (Lipinski definition) is 3. The van der Waals surface area contributed by atoms with Gasteiger partial charge in [0.1, 0.15) is 6.04 Å². The number of nitrogens with one attached hydrogen (secondary N) is 2. The van der Waals surface area contributed by atoms with E-state index in [0.29, 0.717) is 5.56 Å². The maximum Gasteiger partial charge on any atom is 0.326 e. The van der Waals surface area contributed by atoms with E-state index in [4.69, 9.17) is 5.11 Å². The molecule has 1 aromatic rings. The van der Waals surface area contributed by atoms with Gasteiger partial charge in [-0.25, -0.2) is 4.79 Å². The van der Waals surface area contributed by atoms with Crippen LogP contribution >= 0.6 is 15.9 Å². The van der Waals surface area contributed by atoms with Gasteiger partial charge in [-0.05, 0) is 30.2 Å². The van der Waals surface area contributed by atoms with Gasteiger partial charge in [0.05, 0.1) is 0 Å². The third kappa shape index (κ3) is 5.85. The first-order valence-electron chi connectivity index (χ1n) is 6.87. The van der Waals surface area contributed by atoms with Gasteiger partial charge in [0.2, 0.25) is 5.91 Å². The number of carbonyl (C=O) groups is 3. The second kappa shape index (κ2) is 8.53. The summed E-state index contributed by atoms with van der Waals surface area (Å²) in [5, 5.41) is 14.0. The lowest BCUT2D eigenvalue weighted by Gasteiger charge is -2.17. The fraction of sp³-hybridized carbons (Fsp3) is 0.400. The lowest BCUT2D eigenvalue weighted by molar-refractivity contribution is -0.143. The van der Waals surface area contributed by atoms with Crippen LogP contribution in [0.2, 0.25) is 0 Å². The third-order valence-electron chi connectivity index (χ3n) is 2.99. The molecule has 6 nitrogen and oxygen atoms in total. The number of aliphatic carboxylic acids is 1. The summed E-state index contributed by atoms with van der Waals surface area (Å²) in [7, 11) is 0. The summed E-state index contributed by atoms with van der Waals surface area (Å²) in [5.41, 5.74) is 0.495. The van der Waals surface area contributed by atoms with Crippen molar-refractivity contribution in [2.24, 2.45) is 5.92 Å². The van der Waals surface area contributed by atoms with Crippen LogP contribution in [0.3, 0.4) is 0 Å². The van der Waals surface area contributed by atoms with E-state index in [1.165, 1.54) is 0 Å². The number of carboxylic acids is 1. The zero-order chi connectivity index (χ0) is 16.7. The van der Waals surface area contributed by atoms with Crippen molar-refractivity contribution in [3.05, 3.63) is 34.3 Å². The Morgan fingerprint density at radius 1 is 1.18 bits per heavy atom. The average molecular weight is 371 g/mol. The van der Waals surface area contributed by atoms with Gasteiger partial charge in [-0.2, -0.15) is 0 Å². The fourth-order valence-electron chi connectivity index (χ4n) is 1.75. The smallest absolute Gasteiger partial charge is 0.326 e. The minimum atomic E-state index is -1.07. The van der Waals surface area contributed by atoms with Crippen molar-refractivity contribution >= 4 is 33.7 Å². The molecule has 0 fully saturated rings. The number of carbonyl (C=O) groups excluding carboxylic acids is 2. The van der Waals surface area contributed by atoms with E-state index in [0.717, 1.165) is 4.47 Å². The summed E-state index contributed by atoms with van der Waals surface area (Å²) >= 11 is 3.28. The topological polar surface area (TPSA) is 95.5 Å². The van der Waals surface area contributed by atoms with Crippen LogP contribution in [0.25, 0.3) is 0 Å². The Bertz CT molecular complexity index is 543. The van der Waals surface area contributed by atoms with Crippen LogP contribution in [0.1, 0.15) is 30.6 Å². The summed E-state index contributed by atoms with van der Waals surface area (Å²) in [6, 6.07) is 5.91. The second-order valence-electron chi connectivity index (χ2n) is 5.14. The summed E-state index contributed by atoms with van der Waals surface area (Å²) in [6.45, 7) is 3.58. The normalized spacial score (nSPS) is 11.8. The van der Waals surface area contributed by atoms with E-state index >= 15 is 0 Å². The first-order valence-corrected chi connectivity index (χ1v) is 7.66. The molecule has 0 spiro atoms. The highest BCUT2D eigenvalue weighted by Gasteiger charge is 2.23. The minimum absolute atomic E-state index is 0.0266. The van der Waals surface area contributed by atoms with Crippen molar-refractivity contribution in [3.63, 3.8) is 0 Å². The first-order chi connectivity index (χ1) is 10.3. The molecular weight excluding hydrogens is 352 g/mol.